The van der Waals surface area contributed by atoms with Gasteiger partial charge in [-0.15, -0.1) is 0 Å². The van der Waals surface area contributed by atoms with Crippen molar-refractivity contribution in [2.75, 3.05) is 20.3 Å². The number of esters is 1. The van der Waals surface area contributed by atoms with E-state index < -0.39 is 5.97 Å². The zero-order chi connectivity index (χ0) is 16.4. The van der Waals surface area contributed by atoms with E-state index in [9.17, 15) is 9.59 Å². The first kappa shape index (κ1) is 17.8. The van der Waals surface area contributed by atoms with Crippen LogP contribution in [0.5, 0.6) is 5.75 Å². The average Bonchev–Trinajstić information content (AvgIpc) is 2.52. The number of hydrogen-bond donors (Lipinski definition) is 1. The Labute approximate surface area is 131 Å². The van der Waals surface area contributed by atoms with Gasteiger partial charge in [-0.1, -0.05) is 38.1 Å². The quantitative estimate of drug-likeness (QED) is 0.455. The van der Waals surface area contributed by atoms with Crippen LogP contribution in [0.2, 0.25) is 0 Å². The van der Waals surface area contributed by atoms with Crippen LogP contribution in [0.3, 0.4) is 0 Å². The average molecular weight is 305 g/mol. The van der Waals surface area contributed by atoms with Gasteiger partial charge in [-0.3, -0.25) is 4.79 Å². The van der Waals surface area contributed by atoms with Crippen LogP contribution in [0.25, 0.3) is 0 Å². The molecule has 0 saturated heterocycles. The maximum Gasteiger partial charge on any atom is 0.330 e. The molecule has 0 aliphatic rings. The number of methoxy groups -OCH3 is 1. The van der Waals surface area contributed by atoms with Gasteiger partial charge in [-0.25, -0.2) is 4.79 Å². The number of amides is 1. The Morgan fingerprint density at radius 3 is 2.68 bits per heavy atom. The van der Waals surface area contributed by atoms with Crippen LogP contribution in [-0.2, 0) is 14.3 Å². The summed E-state index contributed by atoms with van der Waals surface area (Å²) in [6.45, 7) is 4.58. The zero-order valence-corrected chi connectivity index (χ0v) is 13.3. The minimum Gasteiger partial charge on any atom is -0.483 e. The summed E-state index contributed by atoms with van der Waals surface area (Å²) in [6, 6.07) is 7.70. The van der Waals surface area contributed by atoms with Crippen molar-refractivity contribution in [1.82, 2.24) is 5.32 Å². The first-order valence-corrected chi connectivity index (χ1v) is 7.27. The summed E-state index contributed by atoms with van der Waals surface area (Å²) in [6.07, 6.45) is 3.55. The standard InChI is InChI=1S/C17H23NO4/c1-13(2)14-8-4-5-9-15(14)22-12-16(19)18-11-7-6-10-17(20)21-3/h4-6,8-10,13H,7,11-12H2,1-3H3,(H,18,19)/b10-6+. The monoisotopic (exact) mass is 305 g/mol. The number of carbonyl (C=O) groups excluding carboxylic acids is 2. The van der Waals surface area contributed by atoms with Crippen LogP contribution in [0.1, 0.15) is 31.7 Å². The summed E-state index contributed by atoms with van der Waals surface area (Å²) in [5.41, 5.74) is 1.08. The number of carbonyl (C=O) groups is 2. The highest BCUT2D eigenvalue weighted by Gasteiger charge is 2.08. The van der Waals surface area contributed by atoms with E-state index in [1.54, 1.807) is 6.08 Å². The fourth-order valence-corrected chi connectivity index (χ4v) is 1.83. The minimum absolute atomic E-state index is 0.0234. The van der Waals surface area contributed by atoms with E-state index in [1.165, 1.54) is 13.2 Å². The summed E-state index contributed by atoms with van der Waals surface area (Å²) in [4.78, 5) is 22.5. The van der Waals surface area contributed by atoms with Crippen LogP contribution in [-0.4, -0.2) is 32.1 Å². The molecule has 1 rings (SSSR count). The molecule has 0 aliphatic heterocycles. The summed E-state index contributed by atoms with van der Waals surface area (Å²) in [5, 5.41) is 2.73. The Bertz CT molecular complexity index is 523. The molecule has 0 heterocycles. The normalized spacial score (nSPS) is 10.7. The van der Waals surface area contributed by atoms with Crippen LogP contribution in [0.4, 0.5) is 0 Å². The molecule has 0 aliphatic carbocycles. The molecule has 0 aromatic heterocycles. The fourth-order valence-electron chi connectivity index (χ4n) is 1.83. The lowest BCUT2D eigenvalue weighted by atomic mass is 10.0. The third-order valence-electron chi connectivity index (χ3n) is 2.99. The third kappa shape index (κ3) is 6.43. The van der Waals surface area contributed by atoms with Crippen molar-refractivity contribution in [3.05, 3.63) is 42.0 Å². The van der Waals surface area contributed by atoms with E-state index >= 15 is 0 Å². The molecule has 1 N–H and O–H groups in total. The van der Waals surface area contributed by atoms with E-state index in [0.29, 0.717) is 18.9 Å². The van der Waals surface area contributed by atoms with Crippen molar-refractivity contribution in [1.29, 1.82) is 0 Å². The predicted molar refractivity (Wildman–Crippen MR) is 84.8 cm³/mol. The molecule has 5 heteroatoms. The largest absolute Gasteiger partial charge is 0.483 e. The molecule has 22 heavy (non-hydrogen) atoms. The first-order valence-electron chi connectivity index (χ1n) is 7.27. The van der Waals surface area contributed by atoms with Crippen LogP contribution in [0, 0.1) is 0 Å². The second-order valence-electron chi connectivity index (χ2n) is 5.05. The molecular formula is C17H23NO4. The summed E-state index contributed by atoms with van der Waals surface area (Å²) < 4.78 is 10.0. The van der Waals surface area contributed by atoms with Gasteiger partial charge >= 0.3 is 5.97 Å². The van der Waals surface area contributed by atoms with E-state index in [4.69, 9.17) is 4.74 Å². The number of rotatable bonds is 8. The maximum atomic E-state index is 11.7. The van der Waals surface area contributed by atoms with Gasteiger partial charge in [0.05, 0.1) is 7.11 Å². The van der Waals surface area contributed by atoms with Crippen molar-refractivity contribution >= 4 is 11.9 Å². The van der Waals surface area contributed by atoms with Gasteiger partial charge in [0, 0.05) is 12.6 Å². The topological polar surface area (TPSA) is 64.6 Å². The Morgan fingerprint density at radius 1 is 1.27 bits per heavy atom. The summed E-state index contributed by atoms with van der Waals surface area (Å²) in [7, 11) is 1.32. The van der Waals surface area contributed by atoms with E-state index in [1.807, 2.05) is 24.3 Å². The molecule has 0 atom stereocenters. The van der Waals surface area contributed by atoms with E-state index in [-0.39, 0.29) is 12.5 Å². The Balaban J connectivity index is 2.32. The fraction of sp³-hybridized carbons (Fsp3) is 0.412. The summed E-state index contributed by atoms with van der Waals surface area (Å²) >= 11 is 0. The van der Waals surface area contributed by atoms with Gasteiger partial charge in [0.15, 0.2) is 6.61 Å². The zero-order valence-electron chi connectivity index (χ0n) is 13.3. The van der Waals surface area contributed by atoms with Crippen LogP contribution < -0.4 is 10.1 Å². The molecule has 1 amide bonds. The highest BCUT2D eigenvalue weighted by atomic mass is 16.5. The highest BCUT2D eigenvalue weighted by molar-refractivity contribution is 5.81. The third-order valence-corrected chi connectivity index (χ3v) is 2.99. The Morgan fingerprint density at radius 2 is 2.00 bits per heavy atom. The van der Waals surface area contributed by atoms with Gasteiger partial charge in [-0.2, -0.15) is 0 Å². The molecule has 0 fully saturated rings. The lowest BCUT2D eigenvalue weighted by molar-refractivity contribution is -0.134. The van der Waals surface area contributed by atoms with Gasteiger partial charge < -0.3 is 14.8 Å². The van der Waals surface area contributed by atoms with Gasteiger partial charge in [0.1, 0.15) is 5.75 Å². The molecule has 0 bridgehead atoms. The number of ether oxygens (including phenoxy) is 2. The van der Waals surface area contributed by atoms with Crippen LogP contribution in [0.15, 0.2) is 36.4 Å². The van der Waals surface area contributed by atoms with Gasteiger partial charge in [0.25, 0.3) is 5.91 Å². The molecule has 0 spiro atoms. The number of hydrogen-bond acceptors (Lipinski definition) is 4. The van der Waals surface area contributed by atoms with E-state index in [0.717, 1.165) is 11.3 Å². The first-order chi connectivity index (χ1) is 10.5. The van der Waals surface area contributed by atoms with E-state index in [2.05, 4.69) is 23.9 Å². The second-order valence-corrected chi connectivity index (χ2v) is 5.05. The second kappa shape index (κ2) is 9.60. The minimum atomic E-state index is -0.403. The maximum absolute atomic E-state index is 11.7. The van der Waals surface area contributed by atoms with Crippen LogP contribution >= 0.6 is 0 Å². The van der Waals surface area contributed by atoms with Crippen molar-refractivity contribution < 1.29 is 19.1 Å². The lowest BCUT2D eigenvalue weighted by Crippen LogP contribution is -2.29. The summed E-state index contributed by atoms with van der Waals surface area (Å²) in [5.74, 6) is 0.478. The number of para-hydroxylation sites is 1. The van der Waals surface area contributed by atoms with Crippen molar-refractivity contribution in [2.24, 2.45) is 0 Å². The van der Waals surface area contributed by atoms with Crippen molar-refractivity contribution in [3.63, 3.8) is 0 Å². The SMILES string of the molecule is COC(=O)/C=C/CCNC(=O)COc1ccccc1C(C)C. The van der Waals surface area contributed by atoms with Crippen molar-refractivity contribution in [2.45, 2.75) is 26.2 Å². The molecule has 0 unspecified atom stereocenters. The molecule has 1 aromatic rings. The molecule has 120 valence electrons. The Hall–Kier alpha value is -2.30. The smallest absolute Gasteiger partial charge is 0.330 e. The van der Waals surface area contributed by atoms with Gasteiger partial charge in [-0.05, 0) is 24.0 Å². The molecule has 1 aromatic carbocycles. The lowest BCUT2D eigenvalue weighted by Gasteiger charge is -2.13. The number of benzene rings is 1. The molecule has 0 radical (unpaired) electrons. The molecule has 0 saturated carbocycles. The van der Waals surface area contributed by atoms with Gasteiger partial charge in [0.2, 0.25) is 0 Å². The van der Waals surface area contributed by atoms with Crippen molar-refractivity contribution in [3.8, 4) is 5.75 Å². The highest BCUT2D eigenvalue weighted by Crippen LogP contribution is 2.25. The molecular weight excluding hydrogens is 282 g/mol. The molecule has 5 nitrogen and oxygen atoms in total. The predicted octanol–water partition coefficient (Wildman–Crippen LogP) is 2.42. The number of nitrogens with one attached hydrogen (secondary N) is 1. The Kier molecular flexibility index (Phi) is 7.75.